The largest absolute Gasteiger partial charge is 0.444 e. The standard InChI is InChI=1S/C29H47NO5/c1-26(2,3)35-25(31)30-28(21-33-27(4,5)34-22-28)20-16-24-14-12-23(13-15-24)11-7-10-19-29(32)17-8-6-9-18-29/h12-15,32H,6-11,16-22H2,1-5H3,(H,30,31). The summed E-state index contributed by atoms with van der Waals surface area (Å²) in [5.41, 5.74) is 0.950. The molecule has 1 aromatic rings. The van der Waals surface area contributed by atoms with Gasteiger partial charge in [-0.1, -0.05) is 49.9 Å². The Labute approximate surface area is 212 Å². The molecule has 2 N–H and O–H groups in total. The number of carbonyl (C=O) groups excluding carboxylic acids is 1. The van der Waals surface area contributed by atoms with E-state index in [1.807, 2.05) is 34.6 Å². The third kappa shape index (κ3) is 9.40. The number of amides is 1. The first kappa shape index (κ1) is 27.9. The average molecular weight is 490 g/mol. The van der Waals surface area contributed by atoms with E-state index < -0.39 is 28.6 Å². The Morgan fingerprint density at radius 2 is 1.51 bits per heavy atom. The minimum atomic E-state index is -0.659. The van der Waals surface area contributed by atoms with Crippen molar-refractivity contribution in [3.63, 3.8) is 0 Å². The molecule has 1 saturated heterocycles. The zero-order valence-electron chi connectivity index (χ0n) is 22.6. The highest BCUT2D eigenvalue weighted by molar-refractivity contribution is 5.69. The molecule has 0 aromatic heterocycles. The van der Waals surface area contributed by atoms with Crippen molar-refractivity contribution < 1.29 is 24.1 Å². The van der Waals surface area contributed by atoms with Crippen molar-refractivity contribution in [3.8, 4) is 0 Å². The second-order valence-electron chi connectivity index (χ2n) is 12.2. The number of hydrogen-bond donors (Lipinski definition) is 2. The van der Waals surface area contributed by atoms with Crippen molar-refractivity contribution in [2.75, 3.05) is 13.2 Å². The van der Waals surface area contributed by atoms with Gasteiger partial charge in [-0.15, -0.1) is 0 Å². The highest BCUT2D eigenvalue weighted by Crippen LogP contribution is 2.32. The summed E-state index contributed by atoms with van der Waals surface area (Å²) in [4.78, 5) is 12.5. The summed E-state index contributed by atoms with van der Waals surface area (Å²) in [7, 11) is 0. The van der Waals surface area contributed by atoms with Gasteiger partial charge in [0.1, 0.15) is 5.60 Å². The fourth-order valence-electron chi connectivity index (χ4n) is 5.01. The maximum absolute atomic E-state index is 12.5. The van der Waals surface area contributed by atoms with Gasteiger partial charge >= 0.3 is 6.09 Å². The number of alkyl carbamates (subject to hydrolysis) is 1. The fourth-order valence-corrected chi connectivity index (χ4v) is 5.01. The van der Waals surface area contributed by atoms with Crippen molar-refractivity contribution in [1.29, 1.82) is 0 Å². The maximum atomic E-state index is 12.5. The number of rotatable bonds is 9. The number of carbonyl (C=O) groups is 1. The molecule has 3 rings (SSSR count). The van der Waals surface area contributed by atoms with Gasteiger partial charge in [0.15, 0.2) is 5.79 Å². The molecule has 1 aliphatic carbocycles. The molecule has 2 fully saturated rings. The Kier molecular flexibility index (Phi) is 9.27. The fraction of sp³-hybridized carbons (Fsp3) is 0.759. The number of benzene rings is 1. The lowest BCUT2D eigenvalue weighted by molar-refractivity contribution is -0.271. The molecule has 0 atom stereocenters. The van der Waals surface area contributed by atoms with E-state index in [1.165, 1.54) is 30.4 Å². The van der Waals surface area contributed by atoms with Crippen LogP contribution in [0.2, 0.25) is 0 Å². The molecule has 198 valence electrons. The van der Waals surface area contributed by atoms with E-state index in [-0.39, 0.29) is 0 Å². The van der Waals surface area contributed by atoms with Crippen LogP contribution in [0.3, 0.4) is 0 Å². The molecule has 1 saturated carbocycles. The number of nitrogens with one attached hydrogen (secondary N) is 1. The van der Waals surface area contributed by atoms with Crippen LogP contribution < -0.4 is 5.32 Å². The molecule has 1 amide bonds. The monoisotopic (exact) mass is 489 g/mol. The van der Waals surface area contributed by atoms with Gasteiger partial charge in [-0.05, 0) is 90.7 Å². The Morgan fingerprint density at radius 1 is 0.943 bits per heavy atom. The molecule has 1 heterocycles. The van der Waals surface area contributed by atoms with Gasteiger partial charge in [0.2, 0.25) is 0 Å². The zero-order valence-corrected chi connectivity index (χ0v) is 22.6. The summed E-state index contributed by atoms with van der Waals surface area (Å²) < 4.78 is 17.3. The van der Waals surface area contributed by atoms with Crippen molar-refractivity contribution in [2.45, 2.75) is 128 Å². The third-order valence-electron chi connectivity index (χ3n) is 7.22. The average Bonchev–Trinajstić information content (AvgIpc) is 2.77. The Hall–Kier alpha value is -1.63. The highest BCUT2D eigenvalue weighted by atomic mass is 16.7. The van der Waals surface area contributed by atoms with Crippen molar-refractivity contribution in [2.24, 2.45) is 0 Å². The first-order chi connectivity index (χ1) is 16.4. The van der Waals surface area contributed by atoms with E-state index in [0.717, 1.165) is 44.9 Å². The van der Waals surface area contributed by atoms with E-state index in [1.54, 1.807) is 0 Å². The lowest BCUT2D eigenvalue weighted by Gasteiger charge is -2.44. The molecule has 2 aliphatic rings. The molecule has 0 bridgehead atoms. The highest BCUT2D eigenvalue weighted by Gasteiger charge is 2.42. The summed E-state index contributed by atoms with van der Waals surface area (Å²) in [5.74, 6) is -0.659. The minimum absolute atomic E-state index is 0.379. The molecule has 0 spiro atoms. The summed E-state index contributed by atoms with van der Waals surface area (Å²) in [6.07, 6.45) is 10.8. The number of unbranched alkanes of at least 4 members (excludes halogenated alkanes) is 1. The van der Waals surface area contributed by atoms with Crippen LogP contribution >= 0.6 is 0 Å². The van der Waals surface area contributed by atoms with Gasteiger partial charge < -0.3 is 24.6 Å². The smallest absolute Gasteiger partial charge is 0.408 e. The van der Waals surface area contributed by atoms with Crippen LogP contribution in [0.4, 0.5) is 4.79 Å². The van der Waals surface area contributed by atoms with E-state index in [0.29, 0.717) is 19.6 Å². The predicted octanol–water partition coefficient (Wildman–Crippen LogP) is 6.07. The van der Waals surface area contributed by atoms with Crippen molar-refractivity contribution in [3.05, 3.63) is 35.4 Å². The molecule has 0 radical (unpaired) electrons. The lowest BCUT2D eigenvalue weighted by atomic mass is 9.81. The van der Waals surface area contributed by atoms with E-state index in [9.17, 15) is 9.90 Å². The summed E-state index contributed by atoms with van der Waals surface area (Å²) in [6, 6.07) is 8.77. The van der Waals surface area contributed by atoms with E-state index >= 15 is 0 Å². The summed E-state index contributed by atoms with van der Waals surface area (Å²) >= 11 is 0. The second kappa shape index (κ2) is 11.6. The van der Waals surface area contributed by atoms with Gasteiger partial charge in [-0.3, -0.25) is 0 Å². The third-order valence-corrected chi connectivity index (χ3v) is 7.22. The van der Waals surface area contributed by atoms with Gasteiger partial charge in [0.25, 0.3) is 0 Å². The molecular weight excluding hydrogens is 442 g/mol. The summed E-state index contributed by atoms with van der Waals surface area (Å²) in [5, 5.41) is 13.7. The first-order valence-corrected chi connectivity index (χ1v) is 13.5. The number of ether oxygens (including phenoxy) is 3. The number of hydrogen-bond acceptors (Lipinski definition) is 5. The topological polar surface area (TPSA) is 77.0 Å². The molecule has 1 aliphatic heterocycles. The van der Waals surface area contributed by atoms with Crippen LogP contribution in [0, 0.1) is 0 Å². The second-order valence-corrected chi connectivity index (χ2v) is 12.2. The molecular formula is C29H47NO5. The van der Waals surface area contributed by atoms with Crippen molar-refractivity contribution in [1.82, 2.24) is 5.32 Å². The van der Waals surface area contributed by atoms with Crippen molar-refractivity contribution >= 4 is 6.09 Å². The molecule has 1 aromatic carbocycles. The molecule has 6 heteroatoms. The van der Waals surface area contributed by atoms with Gasteiger partial charge in [-0.25, -0.2) is 4.79 Å². The predicted molar refractivity (Wildman–Crippen MR) is 138 cm³/mol. The molecule has 35 heavy (non-hydrogen) atoms. The van der Waals surface area contributed by atoms with Crippen LogP contribution in [-0.2, 0) is 27.1 Å². The zero-order chi connectivity index (χ0) is 25.6. The van der Waals surface area contributed by atoms with Crippen LogP contribution in [0.15, 0.2) is 24.3 Å². The quantitative estimate of drug-likeness (QED) is 0.412. The minimum Gasteiger partial charge on any atom is -0.444 e. The molecule has 0 unspecified atom stereocenters. The SMILES string of the molecule is CC(C)(C)OC(=O)NC1(CCc2ccc(CCCCC3(O)CCCCC3)cc2)COC(C)(C)OC1. The Balaban J connectivity index is 1.49. The van der Waals surface area contributed by atoms with Gasteiger partial charge in [0.05, 0.1) is 24.4 Å². The molecule has 6 nitrogen and oxygen atoms in total. The number of aliphatic hydroxyl groups is 1. The Morgan fingerprint density at radius 3 is 2.09 bits per heavy atom. The normalized spacial score (nSPS) is 21.3. The van der Waals surface area contributed by atoms with E-state index in [4.69, 9.17) is 14.2 Å². The maximum Gasteiger partial charge on any atom is 0.408 e. The van der Waals surface area contributed by atoms with Gasteiger partial charge in [-0.2, -0.15) is 0 Å². The van der Waals surface area contributed by atoms with Crippen LogP contribution in [0.1, 0.15) is 104 Å². The van der Waals surface area contributed by atoms with E-state index in [2.05, 4.69) is 29.6 Å². The van der Waals surface area contributed by atoms with Crippen LogP contribution in [0.25, 0.3) is 0 Å². The number of aryl methyl sites for hydroxylation is 2. The first-order valence-electron chi connectivity index (χ1n) is 13.5. The van der Waals surface area contributed by atoms with Crippen LogP contribution in [0.5, 0.6) is 0 Å². The lowest BCUT2D eigenvalue weighted by Crippen LogP contribution is -2.61. The van der Waals surface area contributed by atoms with Crippen LogP contribution in [-0.4, -0.2) is 46.9 Å². The summed E-state index contributed by atoms with van der Waals surface area (Å²) in [6.45, 7) is 10.1. The Bertz CT molecular complexity index is 795. The van der Waals surface area contributed by atoms with Gasteiger partial charge in [0, 0.05) is 0 Å².